The zero-order valence-electron chi connectivity index (χ0n) is 11.7. The second kappa shape index (κ2) is 8.05. The van der Waals surface area contributed by atoms with Gasteiger partial charge in [-0.2, -0.15) is 0 Å². The average Bonchev–Trinajstić information content (AvgIpc) is 2.91. The maximum atomic E-state index is 11.8. The summed E-state index contributed by atoms with van der Waals surface area (Å²) < 4.78 is 0.951. The van der Waals surface area contributed by atoms with Gasteiger partial charge in [0.15, 0.2) is 0 Å². The SMILES string of the molecule is CCCCc1nnc(NC(=O)C=Cc2ccccc2Br)s1. The number of hydrogen-bond donors (Lipinski definition) is 1. The number of benzene rings is 1. The lowest BCUT2D eigenvalue weighted by Crippen LogP contribution is -2.07. The second-order valence-electron chi connectivity index (χ2n) is 4.45. The quantitative estimate of drug-likeness (QED) is 0.776. The molecule has 0 aliphatic heterocycles. The van der Waals surface area contributed by atoms with Crippen LogP contribution in [0.25, 0.3) is 6.08 Å². The molecule has 2 rings (SSSR count). The number of anilines is 1. The predicted octanol–water partition coefficient (Wildman–Crippen LogP) is 4.30. The molecule has 0 bridgehead atoms. The van der Waals surface area contributed by atoms with Crippen LogP contribution in [0.4, 0.5) is 5.13 Å². The summed E-state index contributed by atoms with van der Waals surface area (Å²) >= 11 is 4.87. The number of rotatable bonds is 6. The first-order valence-corrected chi connectivity index (χ1v) is 8.36. The van der Waals surface area contributed by atoms with Crippen LogP contribution in [-0.2, 0) is 11.2 Å². The number of nitrogens with one attached hydrogen (secondary N) is 1. The molecule has 0 atom stereocenters. The van der Waals surface area contributed by atoms with E-state index in [0.29, 0.717) is 5.13 Å². The van der Waals surface area contributed by atoms with Gasteiger partial charge in [-0.15, -0.1) is 10.2 Å². The molecule has 0 aliphatic carbocycles. The number of halogens is 1. The molecule has 0 aliphatic rings. The van der Waals surface area contributed by atoms with Crippen LogP contribution < -0.4 is 5.32 Å². The zero-order valence-corrected chi connectivity index (χ0v) is 14.1. The highest BCUT2D eigenvalue weighted by atomic mass is 79.9. The van der Waals surface area contributed by atoms with Crippen LogP contribution in [0.3, 0.4) is 0 Å². The van der Waals surface area contributed by atoms with Crippen molar-refractivity contribution in [2.24, 2.45) is 0 Å². The molecule has 21 heavy (non-hydrogen) atoms. The van der Waals surface area contributed by atoms with E-state index in [-0.39, 0.29) is 5.91 Å². The van der Waals surface area contributed by atoms with Gasteiger partial charge in [0.25, 0.3) is 0 Å². The number of aryl methyl sites for hydroxylation is 1. The minimum absolute atomic E-state index is 0.205. The molecular weight excluding hydrogens is 350 g/mol. The second-order valence-corrected chi connectivity index (χ2v) is 6.37. The maximum absolute atomic E-state index is 11.8. The van der Waals surface area contributed by atoms with E-state index in [9.17, 15) is 4.79 Å². The van der Waals surface area contributed by atoms with Crippen molar-refractivity contribution in [3.63, 3.8) is 0 Å². The lowest BCUT2D eigenvalue weighted by molar-refractivity contribution is -0.111. The minimum atomic E-state index is -0.205. The van der Waals surface area contributed by atoms with E-state index in [1.807, 2.05) is 24.3 Å². The fourth-order valence-corrected chi connectivity index (χ4v) is 2.86. The van der Waals surface area contributed by atoms with Gasteiger partial charge in [-0.1, -0.05) is 58.8 Å². The molecule has 0 spiro atoms. The first kappa shape index (κ1) is 15.9. The third-order valence-corrected chi connectivity index (χ3v) is 4.38. The van der Waals surface area contributed by atoms with E-state index in [1.54, 1.807) is 6.08 Å². The Kier molecular flexibility index (Phi) is 6.07. The van der Waals surface area contributed by atoms with E-state index in [2.05, 4.69) is 38.4 Å². The number of carbonyl (C=O) groups excluding carboxylic acids is 1. The smallest absolute Gasteiger partial charge is 0.250 e. The molecule has 1 aromatic heterocycles. The molecule has 4 nitrogen and oxygen atoms in total. The summed E-state index contributed by atoms with van der Waals surface area (Å²) in [4.78, 5) is 11.8. The molecule has 0 radical (unpaired) electrons. The van der Waals surface area contributed by atoms with Crippen molar-refractivity contribution >= 4 is 44.4 Å². The Morgan fingerprint density at radius 2 is 2.19 bits per heavy atom. The summed E-state index contributed by atoms with van der Waals surface area (Å²) in [7, 11) is 0. The van der Waals surface area contributed by atoms with E-state index < -0.39 is 0 Å². The van der Waals surface area contributed by atoms with E-state index >= 15 is 0 Å². The van der Waals surface area contributed by atoms with Gasteiger partial charge in [-0.3, -0.25) is 10.1 Å². The maximum Gasteiger partial charge on any atom is 0.250 e. The van der Waals surface area contributed by atoms with Crippen LogP contribution in [0, 0.1) is 0 Å². The van der Waals surface area contributed by atoms with Gasteiger partial charge in [0, 0.05) is 17.0 Å². The van der Waals surface area contributed by atoms with E-state index in [1.165, 1.54) is 17.4 Å². The average molecular weight is 366 g/mol. The topological polar surface area (TPSA) is 54.9 Å². The summed E-state index contributed by atoms with van der Waals surface area (Å²) in [6.45, 7) is 2.14. The molecule has 0 saturated carbocycles. The highest BCUT2D eigenvalue weighted by Gasteiger charge is 2.06. The van der Waals surface area contributed by atoms with Crippen LogP contribution in [0.2, 0.25) is 0 Å². The summed E-state index contributed by atoms with van der Waals surface area (Å²) in [5.74, 6) is -0.205. The lowest BCUT2D eigenvalue weighted by Gasteiger charge is -1.97. The fraction of sp³-hybridized carbons (Fsp3) is 0.267. The van der Waals surface area contributed by atoms with Crippen LogP contribution in [0.5, 0.6) is 0 Å². The number of unbranched alkanes of at least 4 members (excludes halogenated alkanes) is 1. The van der Waals surface area contributed by atoms with Crippen LogP contribution >= 0.6 is 27.3 Å². The Balaban J connectivity index is 1.92. The molecule has 6 heteroatoms. The van der Waals surface area contributed by atoms with Crippen molar-refractivity contribution in [2.45, 2.75) is 26.2 Å². The van der Waals surface area contributed by atoms with Gasteiger partial charge in [-0.25, -0.2) is 0 Å². The Morgan fingerprint density at radius 1 is 1.38 bits per heavy atom. The summed E-state index contributed by atoms with van der Waals surface area (Å²) in [5.41, 5.74) is 0.952. The first-order chi connectivity index (χ1) is 10.2. The Labute approximate surface area is 136 Å². The molecule has 0 fully saturated rings. The normalized spacial score (nSPS) is 11.0. The molecule has 1 heterocycles. The van der Waals surface area contributed by atoms with Gasteiger partial charge in [-0.05, 0) is 24.1 Å². The molecule has 0 saturated heterocycles. The molecule has 1 amide bonds. The third kappa shape index (κ3) is 5.06. The number of amides is 1. The lowest BCUT2D eigenvalue weighted by atomic mass is 10.2. The summed E-state index contributed by atoms with van der Waals surface area (Å²) in [6.07, 6.45) is 6.38. The van der Waals surface area contributed by atoms with Crippen molar-refractivity contribution in [1.29, 1.82) is 0 Å². The van der Waals surface area contributed by atoms with Crippen LogP contribution in [0.15, 0.2) is 34.8 Å². The molecule has 110 valence electrons. The molecule has 0 unspecified atom stereocenters. The standard InChI is InChI=1S/C15H16BrN3OS/c1-2-3-8-14-18-19-15(21-14)17-13(20)10-9-11-6-4-5-7-12(11)16/h4-7,9-10H,2-3,8H2,1H3,(H,17,19,20). The Bertz CT molecular complexity index is 639. The van der Waals surface area contributed by atoms with Gasteiger partial charge in [0.1, 0.15) is 5.01 Å². The first-order valence-electron chi connectivity index (χ1n) is 6.75. The van der Waals surface area contributed by atoms with Gasteiger partial charge in [0.2, 0.25) is 11.0 Å². The summed E-state index contributed by atoms with van der Waals surface area (Å²) in [5, 5.41) is 12.3. The van der Waals surface area contributed by atoms with Crippen molar-refractivity contribution in [2.75, 3.05) is 5.32 Å². The van der Waals surface area contributed by atoms with Crippen molar-refractivity contribution < 1.29 is 4.79 Å². The highest BCUT2D eigenvalue weighted by molar-refractivity contribution is 9.10. The highest BCUT2D eigenvalue weighted by Crippen LogP contribution is 2.18. The zero-order chi connectivity index (χ0) is 15.1. The van der Waals surface area contributed by atoms with Crippen molar-refractivity contribution in [3.8, 4) is 0 Å². The molecule has 1 aromatic carbocycles. The number of carbonyl (C=O) groups is 1. The van der Waals surface area contributed by atoms with Crippen molar-refractivity contribution in [1.82, 2.24) is 10.2 Å². The molecule has 1 N–H and O–H groups in total. The largest absolute Gasteiger partial charge is 0.297 e. The van der Waals surface area contributed by atoms with E-state index in [4.69, 9.17) is 0 Å². The van der Waals surface area contributed by atoms with Gasteiger partial charge in [0.05, 0.1) is 0 Å². The third-order valence-electron chi connectivity index (χ3n) is 2.76. The predicted molar refractivity (Wildman–Crippen MR) is 90.3 cm³/mol. The van der Waals surface area contributed by atoms with Crippen molar-refractivity contribution in [3.05, 3.63) is 45.4 Å². The van der Waals surface area contributed by atoms with Crippen LogP contribution in [0.1, 0.15) is 30.3 Å². The Hall–Kier alpha value is -1.53. The Morgan fingerprint density at radius 3 is 2.95 bits per heavy atom. The van der Waals surface area contributed by atoms with Crippen LogP contribution in [-0.4, -0.2) is 16.1 Å². The van der Waals surface area contributed by atoms with E-state index in [0.717, 1.165) is 34.3 Å². The monoisotopic (exact) mass is 365 g/mol. The molecule has 2 aromatic rings. The molecular formula is C15H16BrN3OS. The number of hydrogen-bond acceptors (Lipinski definition) is 4. The number of nitrogens with zero attached hydrogens (tertiary/aromatic N) is 2. The summed E-state index contributed by atoms with van der Waals surface area (Å²) in [6, 6.07) is 7.72. The number of aromatic nitrogens is 2. The minimum Gasteiger partial charge on any atom is -0.297 e. The van der Waals surface area contributed by atoms with Gasteiger partial charge < -0.3 is 0 Å². The van der Waals surface area contributed by atoms with Gasteiger partial charge >= 0.3 is 0 Å². The fourth-order valence-electron chi connectivity index (χ4n) is 1.66.